The third-order valence-corrected chi connectivity index (χ3v) is 4.18. The van der Waals surface area contributed by atoms with Crippen molar-refractivity contribution in [2.45, 2.75) is 26.7 Å². The van der Waals surface area contributed by atoms with Crippen LogP contribution < -0.4 is 5.32 Å². The first-order chi connectivity index (χ1) is 11.9. The minimum Gasteiger partial charge on any atom is -0.461 e. The van der Waals surface area contributed by atoms with Crippen molar-refractivity contribution in [2.75, 3.05) is 13.2 Å². The van der Waals surface area contributed by atoms with Crippen LogP contribution in [0.15, 0.2) is 43.4 Å². The molecule has 1 amide bonds. The summed E-state index contributed by atoms with van der Waals surface area (Å²) in [6.07, 6.45) is 4.29. The van der Waals surface area contributed by atoms with E-state index in [0.717, 1.165) is 11.8 Å². The molecular formula is C19H23N3O3. The van der Waals surface area contributed by atoms with Gasteiger partial charge in [-0.1, -0.05) is 31.7 Å². The fourth-order valence-corrected chi connectivity index (χ4v) is 2.53. The summed E-state index contributed by atoms with van der Waals surface area (Å²) in [6.45, 7) is 9.86. The van der Waals surface area contributed by atoms with Crippen LogP contribution in [-0.2, 0) is 9.53 Å². The summed E-state index contributed by atoms with van der Waals surface area (Å²) < 4.78 is 6.20. The van der Waals surface area contributed by atoms with Gasteiger partial charge in [-0.15, -0.1) is 0 Å². The Hall–Kier alpha value is -2.89. The maximum Gasteiger partial charge on any atom is 0.330 e. The van der Waals surface area contributed by atoms with Crippen molar-refractivity contribution in [2.24, 2.45) is 0 Å². The van der Waals surface area contributed by atoms with Crippen LogP contribution in [0.3, 0.4) is 0 Å². The number of hydrogen-bond donors (Lipinski definition) is 1. The summed E-state index contributed by atoms with van der Waals surface area (Å²) >= 11 is 0. The summed E-state index contributed by atoms with van der Waals surface area (Å²) in [4.78, 5) is 27.4. The summed E-state index contributed by atoms with van der Waals surface area (Å²) in [7, 11) is 0. The summed E-state index contributed by atoms with van der Waals surface area (Å²) in [5, 5.41) is 2.66. The van der Waals surface area contributed by atoms with Gasteiger partial charge in [-0.05, 0) is 30.5 Å². The molecule has 0 saturated carbocycles. The van der Waals surface area contributed by atoms with Gasteiger partial charge in [0, 0.05) is 18.2 Å². The Labute approximate surface area is 147 Å². The monoisotopic (exact) mass is 341 g/mol. The van der Waals surface area contributed by atoms with E-state index in [4.69, 9.17) is 4.74 Å². The fraction of sp³-hybridized carbons (Fsp3) is 0.316. The zero-order valence-corrected chi connectivity index (χ0v) is 14.8. The molecule has 1 atom stereocenters. The highest BCUT2D eigenvalue weighted by atomic mass is 16.5. The average molecular weight is 341 g/mol. The lowest BCUT2D eigenvalue weighted by atomic mass is 9.92. The minimum absolute atomic E-state index is 0.0856. The van der Waals surface area contributed by atoms with Crippen molar-refractivity contribution in [1.29, 1.82) is 0 Å². The van der Waals surface area contributed by atoms with Crippen molar-refractivity contribution < 1.29 is 14.3 Å². The molecule has 0 spiro atoms. The number of carbonyl (C=O) groups is 2. The molecule has 2 aromatic rings. The van der Waals surface area contributed by atoms with Crippen LogP contribution in [0.25, 0.3) is 0 Å². The van der Waals surface area contributed by atoms with Crippen molar-refractivity contribution in [3.05, 3.63) is 65.8 Å². The van der Waals surface area contributed by atoms with Gasteiger partial charge in [-0.3, -0.25) is 4.57 Å². The number of imidazole rings is 1. The Kier molecular flexibility index (Phi) is 6.11. The lowest BCUT2D eigenvalue weighted by Crippen LogP contribution is -2.31. The SMILES string of the molecule is C=CC(=O)OCCNC(=O)n1cnc(C(C)c2cccc(C)c2C)c1. The van der Waals surface area contributed by atoms with Crippen LogP contribution in [0.5, 0.6) is 0 Å². The molecule has 25 heavy (non-hydrogen) atoms. The smallest absolute Gasteiger partial charge is 0.330 e. The molecule has 0 radical (unpaired) electrons. The number of aryl methyl sites for hydroxylation is 1. The number of aromatic nitrogens is 2. The second-order valence-corrected chi connectivity index (χ2v) is 5.82. The van der Waals surface area contributed by atoms with E-state index in [1.807, 2.05) is 6.07 Å². The molecule has 132 valence electrons. The lowest BCUT2D eigenvalue weighted by molar-refractivity contribution is -0.137. The van der Waals surface area contributed by atoms with Crippen molar-refractivity contribution in [3.8, 4) is 0 Å². The average Bonchev–Trinajstić information content (AvgIpc) is 3.10. The van der Waals surface area contributed by atoms with E-state index in [0.29, 0.717) is 0 Å². The predicted octanol–water partition coefficient (Wildman–Crippen LogP) is 2.94. The quantitative estimate of drug-likeness (QED) is 0.498. The van der Waals surface area contributed by atoms with Crippen molar-refractivity contribution in [1.82, 2.24) is 14.9 Å². The van der Waals surface area contributed by atoms with Gasteiger partial charge in [-0.25, -0.2) is 14.6 Å². The molecule has 1 aromatic heterocycles. The fourth-order valence-electron chi connectivity index (χ4n) is 2.53. The van der Waals surface area contributed by atoms with Crippen LogP contribution in [0, 0.1) is 13.8 Å². The maximum atomic E-state index is 12.1. The molecule has 1 heterocycles. The van der Waals surface area contributed by atoms with Crippen molar-refractivity contribution >= 4 is 12.0 Å². The van der Waals surface area contributed by atoms with E-state index in [1.54, 1.807) is 6.20 Å². The van der Waals surface area contributed by atoms with E-state index in [2.05, 4.69) is 49.8 Å². The van der Waals surface area contributed by atoms with Gasteiger partial charge in [0.2, 0.25) is 0 Å². The lowest BCUT2D eigenvalue weighted by Gasteiger charge is -2.14. The Morgan fingerprint density at radius 2 is 2.16 bits per heavy atom. The van der Waals surface area contributed by atoms with Gasteiger partial charge in [0.25, 0.3) is 0 Å². The number of nitrogens with one attached hydrogen (secondary N) is 1. The molecule has 0 bridgehead atoms. The highest BCUT2D eigenvalue weighted by molar-refractivity contribution is 5.81. The van der Waals surface area contributed by atoms with Gasteiger partial charge in [0.1, 0.15) is 12.9 Å². The number of amides is 1. The van der Waals surface area contributed by atoms with Gasteiger partial charge >= 0.3 is 12.0 Å². The first-order valence-corrected chi connectivity index (χ1v) is 8.11. The molecule has 0 saturated heterocycles. The number of nitrogens with zero attached hydrogens (tertiary/aromatic N) is 2. The highest BCUT2D eigenvalue weighted by Gasteiger charge is 2.16. The number of ether oxygens (including phenoxy) is 1. The number of esters is 1. The van der Waals surface area contributed by atoms with Crippen molar-refractivity contribution in [3.63, 3.8) is 0 Å². The maximum absolute atomic E-state index is 12.1. The normalized spacial score (nSPS) is 11.6. The summed E-state index contributed by atoms with van der Waals surface area (Å²) in [5.41, 5.74) is 4.48. The summed E-state index contributed by atoms with van der Waals surface area (Å²) in [6, 6.07) is 5.88. The number of hydrogen-bond acceptors (Lipinski definition) is 4. The first-order valence-electron chi connectivity index (χ1n) is 8.11. The van der Waals surface area contributed by atoms with Gasteiger partial charge in [0.05, 0.1) is 12.2 Å². The Bertz CT molecular complexity index is 780. The first kappa shape index (κ1) is 18.4. The van der Waals surface area contributed by atoms with E-state index in [-0.39, 0.29) is 25.1 Å². The van der Waals surface area contributed by atoms with Crippen LogP contribution in [0.1, 0.15) is 35.2 Å². The Morgan fingerprint density at radius 3 is 2.88 bits per heavy atom. The topological polar surface area (TPSA) is 73.2 Å². The third kappa shape index (κ3) is 4.56. The molecule has 0 aliphatic rings. The van der Waals surface area contributed by atoms with Gasteiger partial charge in [0.15, 0.2) is 0 Å². The van der Waals surface area contributed by atoms with Gasteiger partial charge < -0.3 is 10.1 Å². The number of carbonyl (C=O) groups excluding carboxylic acids is 2. The molecule has 6 nitrogen and oxygen atoms in total. The zero-order chi connectivity index (χ0) is 18.4. The van der Waals surface area contributed by atoms with Crippen LogP contribution in [-0.4, -0.2) is 34.7 Å². The van der Waals surface area contributed by atoms with E-state index >= 15 is 0 Å². The van der Waals surface area contributed by atoms with E-state index in [9.17, 15) is 9.59 Å². The van der Waals surface area contributed by atoms with Crippen LogP contribution >= 0.6 is 0 Å². The molecular weight excluding hydrogens is 318 g/mol. The van der Waals surface area contributed by atoms with Crippen LogP contribution in [0.2, 0.25) is 0 Å². The molecule has 0 fully saturated rings. The van der Waals surface area contributed by atoms with Crippen LogP contribution in [0.4, 0.5) is 4.79 Å². The largest absolute Gasteiger partial charge is 0.461 e. The zero-order valence-electron chi connectivity index (χ0n) is 14.8. The number of benzene rings is 1. The number of rotatable bonds is 6. The highest BCUT2D eigenvalue weighted by Crippen LogP contribution is 2.26. The standard InChI is InChI=1S/C19H23N3O3/c1-5-18(23)25-10-9-20-19(24)22-11-17(21-12-22)15(4)16-8-6-7-13(2)14(16)3/h5-8,11-12,15H,1,9-10H2,2-4H3,(H,20,24). The summed E-state index contributed by atoms with van der Waals surface area (Å²) in [5.74, 6) is -0.427. The Balaban J connectivity index is 1.99. The van der Waals surface area contributed by atoms with E-state index < -0.39 is 5.97 Å². The molecule has 1 N–H and O–H groups in total. The third-order valence-electron chi connectivity index (χ3n) is 4.18. The molecule has 0 aliphatic heterocycles. The molecule has 1 unspecified atom stereocenters. The molecule has 2 rings (SSSR count). The van der Waals surface area contributed by atoms with Gasteiger partial charge in [-0.2, -0.15) is 0 Å². The minimum atomic E-state index is -0.512. The molecule has 1 aromatic carbocycles. The molecule has 6 heteroatoms. The Morgan fingerprint density at radius 1 is 1.40 bits per heavy atom. The predicted molar refractivity (Wildman–Crippen MR) is 95.6 cm³/mol. The second kappa shape index (κ2) is 8.28. The second-order valence-electron chi connectivity index (χ2n) is 5.82. The molecule has 0 aliphatic carbocycles. The van der Waals surface area contributed by atoms with E-state index in [1.165, 1.54) is 27.6 Å².